The Labute approximate surface area is 193 Å². The fraction of sp³-hybridized carbons (Fsp3) is 0.423. The number of carbonyl (C=O) groups excluding carboxylic acids is 2. The molecule has 0 heterocycles. The van der Waals surface area contributed by atoms with Gasteiger partial charge in [0.05, 0.1) is 5.92 Å². The molecule has 33 heavy (non-hydrogen) atoms. The summed E-state index contributed by atoms with van der Waals surface area (Å²) in [5, 5.41) is 14.8. The van der Waals surface area contributed by atoms with Crippen LogP contribution in [0.1, 0.15) is 49.7 Å². The van der Waals surface area contributed by atoms with E-state index in [0.29, 0.717) is 19.4 Å². The van der Waals surface area contributed by atoms with Crippen molar-refractivity contribution in [3.63, 3.8) is 0 Å². The third-order valence-electron chi connectivity index (χ3n) is 6.88. The highest BCUT2D eigenvalue weighted by atomic mass is 16.5. The number of aliphatic carboxylic acids is 1. The molecular weight excluding hydrogens is 420 g/mol. The van der Waals surface area contributed by atoms with Crippen LogP contribution in [0.3, 0.4) is 0 Å². The van der Waals surface area contributed by atoms with Gasteiger partial charge in [-0.15, -0.1) is 0 Å². The topological polar surface area (TPSA) is 105 Å². The SMILES string of the molecule is CC[C@H](NC(=O)OCC1c2ccccc2-c2ccccc21)C(=O)NC[C@@H]1CCC[C@@H]1C(=O)O. The molecule has 3 N–H and O–H groups in total. The van der Waals surface area contributed by atoms with Crippen molar-refractivity contribution in [2.75, 3.05) is 13.2 Å². The van der Waals surface area contributed by atoms with Crippen molar-refractivity contribution in [2.24, 2.45) is 11.8 Å². The number of carbonyl (C=O) groups is 3. The number of fused-ring (bicyclic) bond motifs is 3. The number of amides is 2. The summed E-state index contributed by atoms with van der Waals surface area (Å²) in [5.41, 5.74) is 4.56. The molecule has 1 fully saturated rings. The van der Waals surface area contributed by atoms with E-state index in [0.717, 1.165) is 35.1 Å². The van der Waals surface area contributed by atoms with Crippen LogP contribution in [0.2, 0.25) is 0 Å². The van der Waals surface area contributed by atoms with Crippen LogP contribution >= 0.6 is 0 Å². The number of carboxylic acids is 1. The highest BCUT2D eigenvalue weighted by Gasteiger charge is 2.34. The second-order valence-corrected chi connectivity index (χ2v) is 8.81. The lowest BCUT2D eigenvalue weighted by atomic mass is 9.96. The summed E-state index contributed by atoms with van der Waals surface area (Å²) < 4.78 is 5.54. The molecule has 0 saturated heterocycles. The molecule has 0 aliphatic heterocycles. The van der Waals surface area contributed by atoms with Crippen molar-refractivity contribution >= 4 is 18.0 Å². The minimum Gasteiger partial charge on any atom is -0.481 e. The molecule has 0 radical (unpaired) electrons. The van der Waals surface area contributed by atoms with E-state index in [9.17, 15) is 19.5 Å². The van der Waals surface area contributed by atoms with Gasteiger partial charge >= 0.3 is 12.1 Å². The highest BCUT2D eigenvalue weighted by Crippen LogP contribution is 2.44. The Morgan fingerprint density at radius 2 is 1.67 bits per heavy atom. The zero-order chi connectivity index (χ0) is 23.4. The molecule has 4 rings (SSSR count). The van der Waals surface area contributed by atoms with Crippen LogP contribution in [0.25, 0.3) is 11.1 Å². The molecule has 1 saturated carbocycles. The number of hydrogen-bond donors (Lipinski definition) is 3. The first kappa shape index (κ1) is 22.8. The highest BCUT2D eigenvalue weighted by molar-refractivity contribution is 5.85. The van der Waals surface area contributed by atoms with E-state index in [1.54, 1.807) is 0 Å². The van der Waals surface area contributed by atoms with Gasteiger partial charge in [-0.2, -0.15) is 0 Å². The molecule has 2 aliphatic rings. The van der Waals surface area contributed by atoms with E-state index in [1.807, 2.05) is 31.2 Å². The Bertz CT molecular complexity index is 991. The van der Waals surface area contributed by atoms with Crippen molar-refractivity contribution < 1.29 is 24.2 Å². The molecule has 3 atom stereocenters. The van der Waals surface area contributed by atoms with Gasteiger partial charge in [-0.05, 0) is 47.4 Å². The number of benzene rings is 2. The van der Waals surface area contributed by atoms with Gasteiger partial charge in [0.1, 0.15) is 12.6 Å². The third-order valence-corrected chi connectivity index (χ3v) is 6.88. The molecule has 0 unspecified atom stereocenters. The van der Waals surface area contributed by atoms with E-state index in [2.05, 4.69) is 34.9 Å². The molecule has 7 nitrogen and oxygen atoms in total. The summed E-state index contributed by atoms with van der Waals surface area (Å²) in [4.78, 5) is 36.5. The maximum Gasteiger partial charge on any atom is 0.407 e. The second-order valence-electron chi connectivity index (χ2n) is 8.81. The molecule has 0 aromatic heterocycles. The lowest BCUT2D eigenvalue weighted by Gasteiger charge is -2.21. The van der Waals surface area contributed by atoms with Gasteiger partial charge in [0, 0.05) is 12.5 Å². The van der Waals surface area contributed by atoms with Crippen LogP contribution in [-0.4, -0.2) is 42.3 Å². The monoisotopic (exact) mass is 450 g/mol. The molecule has 2 amide bonds. The fourth-order valence-corrected chi connectivity index (χ4v) is 5.10. The van der Waals surface area contributed by atoms with Gasteiger partial charge in [-0.1, -0.05) is 61.9 Å². The number of rotatable bonds is 8. The molecule has 2 aliphatic carbocycles. The van der Waals surface area contributed by atoms with Gasteiger partial charge in [0.25, 0.3) is 0 Å². The van der Waals surface area contributed by atoms with Crippen molar-refractivity contribution in [3.05, 3.63) is 59.7 Å². The van der Waals surface area contributed by atoms with Crippen molar-refractivity contribution in [1.82, 2.24) is 10.6 Å². The van der Waals surface area contributed by atoms with Crippen LogP contribution in [0.4, 0.5) is 4.79 Å². The van der Waals surface area contributed by atoms with E-state index < -0.39 is 24.0 Å². The lowest BCUT2D eigenvalue weighted by molar-refractivity contribution is -0.143. The predicted molar refractivity (Wildman–Crippen MR) is 124 cm³/mol. The number of alkyl carbamates (subject to hydrolysis) is 1. The first-order chi connectivity index (χ1) is 16.0. The van der Waals surface area contributed by atoms with E-state index in [-0.39, 0.29) is 24.3 Å². The summed E-state index contributed by atoms with van der Waals surface area (Å²) in [7, 11) is 0. The Morgan fingerprint density at radius 3 is 2.27 bits per heavy atom. The van der Waals surface area contributed by atoms with Crippen LogP contribution in [0.5, 0.6) is 0 Å². The predicted octanol–water partition coefficient (Wildman–Crippen LogP) is 3.92. The number of hydrogen-bond acceptors (Lipinski definition) is 4. The van der Waals surface area contributed by atoms with Crippen molar-refractivity contribution in [3.8, 4) is 11.1 Å². The normalized spacial score (nSPS) is 19.9. The molecule has 2 aromatic carbocycles. The Hall–Kier alpha value is -3.35. The second kappa shape index (κ2) is 10.1. The van der Waals surface area contributed by atoms with E-state index in [4.69, 9.17) is 4.74 Å². The summed E-state index contributed by atoms with van der Waals surface area (Å²) >= 11 is 0. The zero-order valence-corrected chi connectivity index (χ0v) is 18.8. The molecule has 174 valence electrons. The Kier molecular flexibility index (Phi) is 6.96. The van der Waals surface area contributed by atoms with Crippen molar-refractivity contribution in [1.29, 1.82) is 0 Å². The summed E-state index contributed by atoms with van der Waals surface area (Å²) in [6.45, 7) is 2.29. The third kappa shape index (κ3) is 4.87. The van der Waals surface area contributed by atoms with Crippen LogP contribution < -0.4 is 10.6 Å². The fourth-order valence-electron chi connectivity index (χ4n) is 5.10. The zero-order valence-electron chi connectivity index (χ0n) is 18.8. The standard InChI is InChI=1S/C26H30N2O5/c1-2-23(24(29)27-14-16-8-7-13-17(16)25(30)31)28-26(32)33-15-22-20-11-5-3-9-18(20)19-10-4-6-12-21(19)22/h3-6,9-12,16-17,22-23H,2,7-8,13-15H2,1H3,(H,27,29)(H,28,32)(H,30,31)/t16-,17-,23-/m0/s1. The maximum atomic E-state index is 12.6. The Morgan fingerprint density at radius 1 is 1.03 bits per heavy atom. The minimum absolute atomic E-state index is 0.0487. The summed E-state index contributed by atoms with van der Waals surface area (Å²) in [6.07, 6.45) is 2.05. The van der Waals surface area contributed by atoms with Crippen LogP contribution in [-0.2, 0) is 14.3 Å². The van der Waals surface area contributed by atoms with Crippen LogP contribution in [0, 0.1) is 11.8 Å². The lowest BCUT2D eigenvalue weighted by Crippen LogP contribution is -2.48. The maximum absolute atomic E-state index is 12.6. The van der Waals surface area contributed by atoms with E-state index in [1.165, 1.54) is 0 Å². The minimum atomic E-state index is -0.810. The first-order valence-electron chi connectivity index (χ1n) is 11.6. The average Bonchev–Trinajstić information content (AvgIpc) is 3.42. The molecule has 2 aromatic rings. The molecule has 0 bridgehead atoms. The van der Waals surface area contributed by atoms with Gasteiger partial charge in [0.2, 0.25) is 5.91 Å². The van der Waals surface area contributed by atoms with Gasteiger partial charge in [0.15, 0.2) is 0 Å². The van der Waals surface area contributed by atoms with Gasteiger partial charge in [-0.3, -0.25) is 9.59 Å². The number of carboxylic acid groups (broad SMARTS) is 1. The average molecular weight is 451 g/mol. The van der Waals surface area contributed by atoms with Crippen molar-refractivity contribution in [2.45, 2.75) is 44.6 Å². The number of ether oxygens (including phenoxy) is 1. The molecule has 0 spiro atoms. The van der Waals surface area contributed by atoms with Gasteiger partial charge < -0.3 is 20.5 Å². The largest absolute Gasteiger partial charge is 0.481 e. The quantitative estimate of drug-likeness (QED) is 0.565. The summed E-state index contributed by atoms with van der Waals surface area (Å²) in [5.74, 6) is -1.66. The Balaban J connectivity index is 1.32. The first-order valence-corrected chi connectivity index (χ1v) is 11.6. The van der Waals surface area contributed by atoms with Gasteiger partial charge in [-0.25, -0.2) is 4.79 Å². The van der Waals surface area contributed by atoms with Crippen LogP contribution in [0.15, 0.2) is 48.5 Å². The molecular formula is C26H30N2O5. The van der Waals surface area contributed by atoms with E-state index >= 15 is 0 Å². The summed E-state index contributed by atoms with van der Waals surface area (Å²) in [6, 6.07) is 15.5. The smallest absolute Gasteiger partial charge is 0.407 e. The number of nitrogens with one attached hydrogen (secondary N) is 2. The molecule has 7 heteroatoms.